The van der Waals surface area contributed by atoms with Crippen LogP contribution in [0, 0.1) is 11.3 Å². The molecule has 25 heavy (non-hydrogen) atoms. The first-order chi connectivity index (χ1) is 11.9. The Morgan fingerprint density at radius 1 is 1.28 bits per heavy atom. The van der Waals surface area contributed by atoms with Gasteiger partial charge < -0.3 is 5.32 Å². The van der Waals surface area contributed by atoms with Gasteiger partial charge in [0, 0.05) is 24.7 Å². The molecular weight excluding hydrogens is 338 g/mol. The largest absolute Gasteiger partial charge is 0.326 e. The summed E-state index contributed by atoms with van der Waals surface area (Å²) in [5.74, 6) is -0.252. The number of carbonyl (C=O) groups excluding carboxylic acids is 1. The molecule has 0 unspecified atom stereocenters. The monoisotopic (exact) mass is 363 g/mol. The van der Waals surface area contributed by atoms with Gasteiger partial charge in [-0.1, -0.05) is 31.7 Å². The Kier molecular flexibility index (Phi) is 6.97. The Balaban J connectivity index is 1.97. The third kappa shape index (κ3) is 6.15. The summed E-state index contributed by atoms with van der Waals surface area (Å²) in [5, 5.41) is 11.6. The van der Waals surface area contributed by atoms with Crippen LogP contribution in [0.25, 0.3) is 0 Å². The van der Waals surface area contributed by atoms with Crippen molar-refractivity contribution >= 4 is 21.6 Å². The van der Waals surface area contributed by atoms with E-state index in [0.29, 0.717) is 11.3 Å². The van der Waals surface area contributed by atoms with E-state index >= 15 is 0 Å². The highest BCUT2D eigenvalue weighted by atomic mass is 32.2. The Hall–Kier alpha value is -1.91. The fourth-order valence-corrected chi connectivity index (χ4v) is 4.44. The van der Waals surface area contributed by atoms with E-state index in [0.717, 1.165) is 38.5 Å². The van der Waals surface area contributed by atoms with E-state index in [4.69, 9.17) is 5.26 Å². The molecule has 0 aromatic heterocycles. The van der Waals surface area contributed by atoms with Gasteiger partial charge in [-0.2, -0.15) is 9.57 Å². The lowest BCUT2D eigenvalue weighted by molar-refractivity contribution is -0.116. The molecule has 1 aromatic carbocycles. The van der Waals surface area contributed by atoms with Crippen molar-refractivity contribution in [3.63, 3.8) is 0 Å². The van der Waals surface area contributed by atoms with Gasteiger partial charge >= 0.3 is 0 Å². The van der Waals surface area contributed by atoms with Crippen LogP contribution in [0.15, 0.2) is 24.3 Å². The van der Waals surface area contributed by atoms with E-state index in [9.17, 15) is 13.2 Å². The number of amides is 1. The molecule has 2 rings (SSSR count). The van der Waals surface area contributed by atoms with Crippen molar-refractivity contribution in [3.8, 4) is 6.07 Å². The molecule has 1 N–H and O–H groups in total. The summed E-state index contributed by atoms with van der Waals surface area (Å²) in [6.45, 7) is 0.188. The van der Waals surface area contributed by atoms with Crippen molar-refractivity contribution in [2.24, 2.45) is 0 Å². The third-order valence-corrected chi connectivity index (χ3v) is 5.83. The molecule has 1 saturated carbocycles. The Labute approximate surface area is 149 Å². The fourth-order valence-electron chi connectivity index (χ4n) is 3.27. The van der Waals surface area contributed by atoms with E-state index < -0.39 is 10.0 Å². The van der Waals surface area contributed by atoms with Crippen LogP contribution in [0.5, 0.6) is 0 Å². The van der Waals surface area contributed by atoms with Crippen LogP contribution in [0.4, 0.5) is 5.69 Å². The molecule has 0 heterocycles. The summed E-state index contributed by atoms with van der Waals surface area (Å²) in [7, 11) is -3.35. The minimum atomic E-state index is -3.35. The van der Waals surface area contributed by atoms with Gasteiger partial charge in [-0.25, -0.2) is 8.42 Å². The second kappa shape index (κ2) is 8.97. The van der Waals surface area contributed by atoms with E-state index in [-0.39, 0.29) is 24.9 Å². The summed E-state index contributed by atoms with van der Waals surface area (Å²) in [6.07, 6.45) is 7.38. The van der Waals surface area contributed by atoms with E-state index in [1.54, 1.807) is 24.3 Å². The number of carbonyl (C=O) groups is 1. The van der Waals surface area contributed by atoms with Crippen molar-refractivity contribution in [2.75, 3.05) is 18.1 Å². The van der Waals surface area contributed by atoms with Crippen molar-refractivity contribution in [1.82, 2.24) is 4.31 Å². The van der Waals surface area contributed by atoms with E-state index in [1.165, 1.54) is 10.6 Å². The number of hydrogen-bond acceptors (Lipinski definition) is 4. The fraction of sp³-hybridized carbons (Fsp3) is 0.556. The molecule has 1 aromatic rings. The third-order valence-electron chi connectivity index (χ3n) is 4.49. The minimum Gasteiger partial charge on any atom is -0.326 e. The second-order valence-corrected chi connectivity index (χ2v) is 8.44. The molecule has 1 aliphatic carbocycles. The standard InChI is InChI=1S/C18H25N3O3S/c1-25(23,24)21(17-9-4-2-3-5-10-17)12-11-18(22)20-16-8-6-7-15(13-16)14-19/h6-8,13,17H,2-5,9-12H2,1H3,(H,20,22). The summed E-state index contributed by atoms with van der Waals surface area (Å²) < 4.78 is 25.8. The van der Waals surface area contributed by atoms with E-state index in [2.05, 4.69) is 5.32 Å². The molecule has 6 nitrogen and oxygen atoms in total. The Morgan fingerprint density at radius 3 is 2.56 bits per heavy atom. The minimum absolute atomic E-state index is 0.00721. The van der Waals surface area contributed by atoms with Gasteiger partial charge in [0.2, 0.25) is 15.9 Å². The molecule has 0 aliphatic heterocycles. The number of nitrogens with zero attached hydrogens (tertiary/aromatic N) is 2. The van der Waals surface area contributed by atoms with Crippen molar-refractivity contribution in [1.29, 1.82) is 5.26 Å². The predicted octanol–water partition coefficient (Wildman–Crippen LogP) is 2.87. The highest BCUT2D eigenvalue weighted by Crippen LogP contribution is 2.24. The molecule has 0 bridgehead atoms. The smallest absolute Gasteiger partial charge is 0.225 e. The first-order valence-electron chi connectivity index (χ1n) is 8.67. The van der Waals surface area contributed by atoms with Gasteiger partial charge in [0.15, 0.2) is 0 Å². The average Bonchev–Trinajstić information content (AvgIpc) is 2.83. The number of hydrogen-bond donors (Lipinski definition) is 1. The van der Waals surface area contributed by atoms with Crippen LogP contribution in [-0.4, -0.2) is 37.5 Å². The number of nitrogens with one attached hydrogen (secondary N) is 1. The molecule has 1 fully saturated rings. The maximum absolute atomic E-state index is 12.2. The molecule has 7 heteroatoms. The van der Waals surface area contributed by atoms with Crippen molar-refractivity contribution in [2.45, 2.75) is 51.0 Å². The average molecular weight is 363 g/mol. The van der Waals surface area contributed by atoms with E-state index in [1.807, 2.05) is 6.07 Å². The maximum atomic E-state index is 12.2. The Morgan fingerprint density at radius 2 is 1.96 bits per heavy atom. The van der Waals surface area contributed by atoms with Crippen LogP contribution >= 0.6 is 0 Å². The van der Waals surface area contributed by atoms with Crippen molar-refractivity contribution < 1.29 is 13.2 Å². The number of nitriles is 1. The molecule has 1 aliphatic rings. The highest BCUT2D eigenvalue weighted by molar-refractivity contribution is 7.88. The molecule has 136 valence electrons. The Bertz CT molecular complexity index is 732. The maximum Gasteiger partial charge on any atom is 0.225 e. The van der Waals surface area contributed by atoms with Crippen molar-refractivity contribution in [3.05, 3.63) is 29.8 Å². The quantitative estimate of drug-likeness (QED) is 0.787. The molecule has 0 saturated heterocycles. The van der Waals surface area contributed by atoms with Gasteiger partial charge in [-0.15, -0.1) is 0 Å². The topological polar surface area (TPSA) is 90.3 Å². The molecule has 0 radical (unpaired) electrons. The van der Waals surface area contributed by atoms with Crippen LogP contribution < -0.4 is 5.32 Å². The van der Waals surface area contributed by atoms with Gasteiger partial charge in [0.1, 0.15) is 0 Å². The highest BCUT2D eigenvalue weighted by Gasteiger charge is 2.27. The molecule has 0 atom stereocenters. The first-order valence-corrected chi connectivity index (χ1v) is 10.5. The first kappa shape index (κ1) is 19.4. The SMILES string of the molecule is CS(=O)(=O)N(CCC(=O)Nc1cccc(C#N)c1)C1CCCCCC1. The number of rotatable bonds is 6. The van der Waals surface area contributed by atoms with Crippen LogP contribution in [0.1, 0.15) is 50.5 Å². The van der Waals surface area contributed by atoms with Crippen LogP contribution in [-0.2, 0) is 14.8 Å². The number of benzene rings is 1. The molecular formula is C18H25N3O3S. The van der Waals surface area contributed by atoms with Gasteiger partial charge in [0.05, 0.1) is 17.9 Å². The zero-order valence-electron chi connectivity index (χ0n) is 14.6. The zero-order valence-corrected chi connectivity index (χ0v) is 15.4. The van der Waals surface area contributed by atoms with Gasteiger partial charge in [0.25, 0.3) is 0 Å². The summed E-state index contributed by atoms with van der Waals surface area (Å²) in [5.41, 5.74) is 1.01. The predicted molar refractivity (Wildman–Crippen MR) is 97.4 cm³/mol. The molecule has 0 spiro atoms. The number of sulfonamides is 1. The number of anilines is 1. The second-order valence-electron chi connectivity index (χ2n) is 6.51. The summed E-state index contributed by atoms with van der Waals surface area (Å²) in [6, 6.07) is 8.67. The van der Waals surface area contributed by atoms with Crippen LogP contribution in [0.2, 0.25) is 0 Å². The molecule has 1 amide bonds. The summed E-state index contributed by atoms with van der Waals surface area (Å²) in [4.78, 5) is 12.2. The summed E-state index contributed by atoms with van der Waals surface area (Å²) >= 11 is 0. The van der Waals surface area contributed by atoms with Gasteiger partial charge in [-0.3, -0.25) is 4.79 Å². The lowest BCUT2D eigenvalue weighted by Crippen LogP contribution is -2.41. The normalized spacial score (nSPS) is 16.2. The van der Waals surface area contributed by atoms with Gasteiger partial charge in [-0.05, 0) is 31.0 Å². The lowest BCUT2D eigenvalue weighted by Gasteiger charge is -2.28. The lowest BCUT2D eigenvalue weighted by atomic mass is 10.1. The van der Waals surface area contributed by atoms with Crippen LogP contribution in [0.3, 0.4) is 0 Å². The zero-order chi connectivity index (χ0) is 18.3.